The first-order valence-electron chi connectivity index (χ1n) is 7.72. The summed E-state index contributed by atoms with van der Waals surface area (Å²) in [7, 11) is 1.72. The minimum absolute atomic E-state index is 0.0639. The molecular formula is C17H26N2O3. The van der Waals surface area contributed by atoms with E-state index in [-0.39, 0.29) is 5.91 Å². The molecule has 122 valence electrons. The number of benzene rings is 1. The summed E-state index contributed by atoms with van der Waals surface area (Å²) in [5.74, 6) is -0.0639. The van der Waals surface area contributed by atoms with Gasteiger partial charge in [-0.15, -0.1) is 0 Å². The zero-order chi connectivity index (χ0) is 16.2. The molecule has 0 aliphatic carbocycles. The third-order valence-corrected chi connectivity index (χ3v) is 3.65. The summed E-state index contributed by atoms with van der Waals surface area (Å²) in [5.41, 5.74) is 0.900. The minimum atomic E-state index is -0.893. The van der Waals surface area contributed by atoms with E-state index in [1.54, 1.807) is 25.8 Å². The number of aliphatic hydroxyl groups is 1. The largest absolute Gasteiger partial charge is 0.389 e. The molecule has 5 heteroatoms. The third kappa shape index (κ3) is 5.09. The van der Waals surface area contributed by atoms with Gasteiger partial charge in [0.1, 0.15) is 0 Å². The van der Waals surface area contributed by atoms with E-state index in [0.717, 1.165) is 38.4 Å². The molecule has 1 amide bonds. The molecule has 22 heavy (non-hydrogen) atoms. The van der Waals surface area contributed by atoms with Gasteiger partial charge in [-0.3, -0.25) is 9.69 Å². The molecule has 1 fully saturated rings. The molecule has 1 aliphatic rings. The lowest BCUT2D eigenvalue weighted by atomic mass is 10.1. The topological polar surface area (TPSA) is 53.0 Å². The first kappa shape index (κ1) is 16.9. The fourth-order valence-corrected chi connectivity index (χ4v) is 2.69. The molecule has 0 spiro atoms. The van der Waals surface area contributed by atoms with Crippen LogP contribution in [0.15, 0.2) is 24.3 Å². The van der Waals surface area contributed by atoms with Crippen molar-refractivity contribution < 1.29 is 14.6 Å². The highest BCUT2D eigenvalue weighted by Gasteiger charge is 2.20. The van der Waals surface area contributed by atoms with Crippen molar-refractivity contribution in [2.75, 3.05) is 39.9 Å². The van der Waals surface area contributed by atoms with E-state index >= 15 is 0 Å². The number of rotatable bonds is 5. The normalized spacial score (nSPS) is 16.5. The number of hydrogen-bond donors (Lipinski definition) is 1. The number of nitrogens with zero attached hydrogens (tertiary/aromatic N) is 2. The van der Waals surface area contributed by atoms with Crippen molar-refractivity contribution in [3.05, 3.63) is 35.4 Å². The maximum absolute atomic E-state index is 12.4. The van der Waals surface area contributed by atoms with Crippen molar-refractivity contribution >= 4 is 5.91 Å². The lowest BCUT2D eigenvalue weighted by Gasteiger charge is -2.27. The number of hydrogen-bond acceptors (Lipinski definition) is 4. The summed E-state index contributed by atoms with van der Waals surface area (Å²) in [4.78, 5) is 16.3. The lowest BCUT2D eigenvalue weighted by molar-refractivity contribution is 0.0340. The quantitative estimate of drug-likeness (QED) is 0.892. The lowest BCUT2D eigenvalue weighted by Crippen LogP contribution is -2.39. The predicted molar refractivity (Wildman–Crippen MR) is 85.8 cm³/mol. The van der Waals surface area contributed by atoms with E-state index in [1.165, 1.54) is 0 Å². The number of carbonyl (C=O) groups is 1. The Kier molecular flexibility index (Phi) is 5.56. The maximum atomic E-state index is 12.4. The molecule has 1 aromatic rings. The van der Waals surface area contributed by atoms with Gasteiger partial charge in [0.05, 0.1) is 18.8 Å². The fourth-order valence-electron chi connectivity index (χ4n) is 2.69. The Labute approximate surface area is 132 Å². The Balaban J connectivity index is 2.02. The van der Waals surface area contributed by atoms with Gasteiger partial charge in [0.25, 0.3) is 5.91 Å². The van der Waals surface area contributed by atoms with Gasteiger partial charge in [-0.05, 0) is 31.5 Å². The fraction of sp³-hybridized carbons (Fsp3) is 0.588. The van der Waals surface area contributed by atoms with E-state index < -0.39 is 5.60 Å². The summed E-state index contributed by atoms with van der Waals surface area (Å²) in [6.07, 6.45) is 0. The number of likely N-dealkylation sites (N-methyl/N-ethyl adjacent to an activating group) is 1. The molecular weight excluding hydrogens is 280 g/mol. The van der Waals surface area contributed by atoms with Crippen LogP contribution in [0.3, 0.4) is 0 Å². The SMILES string of the molecule is CN(CC(C)(C)O)C(=O)c1cccc(CN2CCOCC2)c1. The number of amides is 1. The van der Waals surface area contributed by atoms with E-state index in [1.807, 2.05) is 24.3 Å². The monoisotopic (exact) mass is 306 g/mol. The molecule has 1 aliphatic heterocycles. The zero-order valence-corrected chi connectivity index (χ0v) is 13.7. The molecule has 0 bridgehead atoms. The van der Waals surface area contributed by atoms with Crippen molar-refractivity contribution in [1.82, 2.24) is 9.80 Å². The second kappa shape index (κ2) is 7.22. The van der Waals surface area contributed by atoms with Crippen LogP contribution in [0, 0.1) is 0 Å². The number of ether oxygens (including phenoxy) is 1. The van der Waals surface area contributed by atoms with Gasteiger partial charge in [-0.25, -0.2) is 0 Å². The molecule has 1 N–H and O–H groups in total. The highest BCUT2D eigenvalue weighted by molar-refractivity contribution is 5.94. The Morgan fingerprint density at radius 3 is 2.68 bits per heavy atom. The number of carbonyl (C=O) groups excluding carboxylic acids is 1. The highest BCUT2D eigenvalue weighted by atomic mass is 16.5. The Hall–Kier alpha value is -1.43. The van der Waals surface area contributed by atoms with Crippen molar-refractivity contribution in [2.45, 2.75) is 26.0 Å². The van der Waals surface area contributed by atoms with Crippen LogP contribution in [0.2, 0.25) is 0 Å². The molecule has 0 saturated carbocycles. The second-order valence-corrected chi connectivity index (χ2v) is 6.56. The molecule has 1 saturated heterocycles. The van der Waals surface area contributed by atoms with Crippen LogP contribution in [-0.2, 0) is 11.3 Å². The Morgan fingerprint density at radius 1 is 1.36 bits per heavy atom. The van der Waals surface area contributed by atoms with Gasteiger partial charge in [0, 0.05) is 38.8 Å². The third-order valence-electron chi connectivity index (χ3n) is 3.65. The molecule has 0 atom stereocenters. The first-order chi connectivity index (χ1) is 10.3. The second-order valence-electron chi connectivity index (χ2n) is 6.56. The van der Waals surface area contributed by atoms with Crippen molar-refractivity contribution in [2.24, 2.45) is 0 Å². The van der Waals surface area contributed by atoms with Crippen LogP contribution >= 0.6 is 0 Å². The van der Waals surface area contributed by atoms with E-state index in [0.29, 0.717) is 12.1 Å². The molecule has 2 rings (SSSR count). The van der Waals surface area contributed by atoms with Crippen LogP contribution in [-0.4, -0.2) is 66.3 Å². The van der Waals surface area contributed by atoms with Gasteiger partial charge >= 0.3 is 0 Å². The Bertz CT molecular complexity index is 505. The van der Waals surface area contributed by atoms with Gasteiger partial charge < -0.3 is 14.7 Å². The van der Waals surface area contributed by atoms with E-state index in [2.05, 4.69) is 4.90 Å². The van der Waals surface area contributed by atoms with Crippen LogP contribution < -0.4 is 0 Å². The van der Waals surface area contributed by atoms with Crippen molar-refractivity contribution in [3.8, 4) is 0 Å². The first-order valence-corrected chi connectivity index (χ1v) is 7.72. The van der Waals surface area contributed by atoms with Gasteiger partial charge in [-0.1, -0.05) is 12.1 Å². The summed E-state index contributed by atoms with van der Waals surface area (Å²) < 4.78 is 5.35. The van der Waals surface area contributed by atoms with Crippen LogP contribution in [0.25, 0.3) is 0 Å². The average molecular weight is 306 g/mol. The molecule has 0 aromatic heterocycles. The summed E-state index contributed by atoms with van der Waals surface area (Å²) in [5, 5.41) is 9.84. The average Bonchev–Trinajstić information content (AvgIpc) is 2.46. The van der Waals surface area contributed by atoms with Crippen molar-refractivity contribution in [1.29, 1.82) is 0 Å². The van der Waals surface area contributed by atoms with Crippen molar-refractivity contribution in [3.63, 3.8) is 0 Å². The highest BCUT2D eigenvalue weighted by Crippen LogP contribution is 2.13. The minimum Gasteiger partial charge on any atom is -0.389 e. The van der Waals surface area contributed by atoms with Crippen LogP contribution in [0.4, 0.5) is 0 Å². The smallest absolute Gasteiger partial charge is 0.253 e. The molecule has 0 radical (unpaired) electrons. The van der Waals surface area contributed by atoms with Crippen LogP contribution in [0.5, 0.6) is 0 Å². The van der Waals surface area contributed by atoms with Gasteiger partial charge in [0.15, 0.2) is 0 Å². The Morgan fingerprint density at radius 2 is 2.05 bits per heavy atom. The molecule has 1 aromatic carbocycles. The maximum Gasteiger partial charge on any atom is 0.253 e. The number of morpholine rings is 1. The zero-order valence-electron chi connectivity index (χ0n) is 13.7. The molecule has 1 heterocycles. The summed E-state index contributed by atoms with van der Waals surface area (Å²) >= 11 is 0. The molecule has 5 nitrogen and oxygen atoms in total. The summed E-state index contributed by atoms with van der Waals surface area (Å²) in [6.45, 7) is 7.93. The standard InChI is InChI=1S/C17H26N2O3/c1-17(2,21)13-18(3)16(20)15-6-4-5-14(11-15)12-19-7-9-22-10-8-19/h4-6,11,21H,7-10,12-13H2,1-3H3. The molecule has 0 unspecified atom stereocenters. The summed E-state index contributed by atoms with van der Waals surface area (Å²) in [6, 6.07) is 7.73. The predicted octanol–water partition coefficient (Wildman–Crippen LogP) is 1.36. The van der Waals surface area contributed by atoms with Gasteiger partial charge in [-0.2, -0.15) is 0 Å². The van der Waals surface area contributed by atoms with Gasteiger partial charge in [0.2, 0.25) is 0 Å². The van der Waals surface area contributed by atoms with E-state index in [4.69, 9.17) is 4.74 Å². The van der Waals surface area contributed by atoms with Crippen LogP contribution in [0.1, 0.15) is 29.8 Å². The van der Waals surface area contributed by atoms with E-state index in [9.17, 15) is 9.90 Å².